The molecule has 5 heteroatoms. The van der Waals surface area contributed by atoms with Crippen molar-refractivity contribution in [3.8, 4) is 11.5 Å². The van der Waals surface area contributed by atoms with Crippen LogP contribution >= 0.6 is 12.2 Å². The maximum Gasteiger partial charge on any atom is 0.171 e. The fourth-order valence-electron chi connectivity index (χ4n) is 3.11. The van der Waals surface area contributed by atoms with Gasteiger partial charge in [-0.1, -0.05) is 44.2 Å². The molecule has 0 aromatic heterocycles. The minimum absolute atomic E-state index is 0.0566. The van der Waals surface area contributed by atoms with Gasteiger partial charge < -0.3 is 20.1 Å². The standard InChI is InChI=1S/C21H28N2O2S/c1-15(14-21(2,3)16-9-7-6-8-10-16)22-20(26)23-18-12-11-17(24-4)13-19(18)25-5/h6-13,15H,14H2,1-5H3,(H2,22,23,26)/t15-/m0/s1. The van der Waals surface area contributed by atoms with E-state index < -0.39 is 0 Å². The molecular formula is C21H28N2O2S. The predicted octanol–water partition coefficient (Wildman–Crippen LogP) is 4.75. The number of benzene rings is 2. The van der Waals surface area contributed by atoms with Crippen molar-refractivity contribution in [1.82, 2.24) is 5.32 Å². The number of anilines is 1. The Morgan fingerprint density at radius 2 is 1.77 bits per heavy atom. The Hall–Kier alpha value is -2.27. The molecule has 0 heterocycles. The number of ether oxygens (including phenoxy) is 2. The van der Waals surface area contributed by atoms with Crippen molar-refractivity contribution in [3.05, 3.63) is 54.1 Å². The Morgan fingerprint density at radius 1 is 1.08 bits per heavy atom. The largest absolute Gasteiger partial charge is 0.497 e. The third-order valence-corrected chi connectivity index (χ3v) is 4.63. The van der Waals surface area contributed by atoms with Gasteiger partial charge in [-0.2, -0.15) is 0 Å². The molecule has 0 spiro atoms. The van der Waals surface area contributed by atoms with E-state index in [9.17, 15) is 0 Å². The summed E-state index contributed by atoms with van der Waals surface area (Å²) in [6.45, 7) is 6.65. The first-order valence-electron chi connectivity index (χ1n) is 8.71. The molecule has 0 aliphatic carbocycles. The van der Waals surface area contributed by atoms with Crippen LogP contribution in [0, 0.1) is 0 Å². The van der Waals surface area contributed by atoms with Crippen LogP contribution in [-0.4, -0.2) is 25.4 Å². The first kappa shape index (κ1) is 20.0. The molecule has 2 aromatic carbocycles. The lowest BCUT2D eigenvalue weighted by Crippen LogP contribution is -2.39. The number of thiocarbonyl (C=S) groups is 1. The Labute approximate surface area is 161 Å². The van der Waals surface area contributed by atoms with Gasteiger partial charge >= 0.3 is 0 Å². The predicted molar refractivity (Wildman–Crippen MR) is 112 cm³/mol. The van der Waals surface area contributed by atoms with Gasteiger partial charge in [-0.3, -0.25) is 0 Å². The summed E-state index contributed by atoms with van der Waals surface area (Å²) in [5, 5.41) is 7.15. The third kappa shape index (κ3) is 5.36. The maximum atomic E-state index is 5.48. The van der Waals surface area contributed by atoms with Crippen LogP contribution in [0.2, 0.25) is 0 Å². The average Bonchev–Trinajstić information content (AvgIpc) is 2.62. The van der Waals surface area contributed by atoms with Crippen molar-refractivity contribution >= 4 is 23.0 Å². The SMILES string of the molecule is COc1ccc(NC(=S)N[C@@H](C)CC(C)(C)c2ccccc2)c(OC)c1. The molecule has 2 rings (SSSR count). The first-order valence-corrected chi connectivity index (χ1v) is 9.11. The van der Waals surface area contributed by atoms with Crippen LogP contribution in [-0.2, 0) is 5.41 Å². The minimum atomic E-state index is 0.0566. The average molecular weight is 373 g/mol. The smallest absolute Gasteiger partial charge is 0.171 e. The van der Waals surface area contributed by atoms with Gasteiger partial charge in [-0.25, -0.2) is 0 Å². The van der Waals surface area contributed by atoms with Crippen molar-refractivity contribution in [3.63, 3.8) is 0 Å². The number of rotatable bonds is 7. The Morgan fingerprint density at radius 3 is 2.38 bits per heavy atom. The molecular weight excluding hydrogens is 344 g/mol. The number of hydrogen-bond acceptors (Lipinski definition) is 3. The number of hydrogen-bond donors (Lipinski definition) is 2. The highest BCUT2D eigenvalue weighted by Gasteiger charge is 2.23. The monoisotopic (exact) mass is 372 g/mol. The fourth-order valence-corrected chi connectivity index (χ4v) is 3.42. The van der Waals surface area contributed by atoms with Crippen molar-refractivity contribution < 1.29 is 9.47 Å². The van der Waals surface area contributed by atoms with Crippen LogP contribution in [0.1, 0.15) is 32.8 Å². The van der Waals surface area contributed by atoms with E-state index in [1.54, 1.807) is 14.2 Å². The van der Waals surface area contributed by atoms with E-state index in [2.05, 4.69) is 55.7 Å². The van der Waals surface area contributed by atoms with E-state index >= 15 is 0 Å². The summed E-state index contributed by atoms with van der Waals surface area (Å²) in [6.07, 6.45) is 0.957. The van der Waals surface area contributed by atoms with E-state index in [4.69, 9.17) is 21.7 Å². The van der Waals surface area contributed by atoms with E-state index in [0.717, 1.165) is 17.9 Å². The number of methoxy groups -OCH3 is 2. The summed E-state index contributed by atoms with van der Waals surface area (Å²) in [5.41, 5.74) is 2.19. The third-order valence-electron chi connectivity index (χ3n) is 4.41. The van der Waals surface area contributed by atoms with Gasteiger partial charge in [0.05, 0.1) is 19.9 Å². The van der Waals surface area contributed by atoms with Crippen molar-refractivity contribution in [2.45, 2.75) is 38.6 Å². The Bertz CT molecular complexity index is 732. The van der Waals surface area contributed by atoms with Crippen LogP contribution in [0.5, 0.6) is 11.5 Å². The zero-order chi connectivity index (χ0) is 19.2. The van der Waals surface area contributed by atoms with Gasteiger partial charge in [0.2, 0.25) is 0 Å². The molecule has 1 atom stereocenters. The van der Waals surface area contributed by atoms with Gasteiger partial charge in [0.15, 0.2) is 5.11 Å². The highest BCUT2D eigenvalue weighted by atomic mass is 32.1. The van der Waals surface area contributed by atoms with Crippen molar-refractivity contribution in [2.24, 2.45) is 0 Å². The molecule has 140 valence electrons. The van der Waals surface area contributed by atoms with Gasteiger partial charge in [0.25, 0.3) is 0 Å². The highest BCUT2D eigenvalue weighted by Crippen LogP contribution is 2.30. The zero-order valence-electron chi connectivity index (χ0n) is 16.1. The van der Waals surface area contributed by atoms with Crippen LogP contribution < -0.4 is 20.1 Å². The van der Waals surface area contributed by atoms with Gasteiger partial charge in [0.1, 0.15) is 11.5 Å². The van der Waals surface area contributed by atoms with Crippen LogP contribution in [0.15, 0.2) is 48.5 Å². The van der Waals surface area contributed by atoms with Crippen molar-refractivity contribution in [2.75, 3.05) is 19.5 Å². The quantitative estimate of drug-likeness (QED) is 0.687. The van der Waals surface area contributed by atoms with Crippen molar-refractivity contribution in [1.29, 1.82) is 0 Å². The molecule has 4 nitrogen and oxygen atoms in total. The molecule has 0 saturated heterocycles. The first-order chi connectivity index (χ1) is 12.4. The highest BCUT2D eigenvalue weighted by molar-refractivity contribution is 7.80. The molecule has 0 radical (unpaired) electrons. The lowest BCUT2D eigenvalue weighted by Gasteiger charge is -2.30. The maximum absolute atomic E-state index is 5.48. The fraction of sp³-hybridized carbons (Fsp3) is 0.381. The summed E-state index contributed by atoms with van der Waals surface area (Å²) < 4.78 is 10.6. The number of nitrogens with one attached hydrogen (secondary N) is 2. The topological polar surface area (TPSA) is 42.5 Å². The molecule has 0 unspecified atom stereocenters. The van der Waals surface area contributed by atoms with Crippen LogP contribution in [0.25, 0.3) is 0 Å². The lowest BCUT2D eigenvalue weighted by atomic mass is 9.79. The summed E-state index contributed by atoms with van der Waals surface area (Å²) in [6, 6.07) is 16.4. The molecule has 26 heavy (non-hydrogen) atoms. The zero-order valence-corrected chi connectivity index (χ0v) is 16.9. The molecule has 0 aliphatic heterocycles. The van der Waals surface area contributed by atoms with Crippen LogP contribution in [0.3, 0.4) is 0 Å². The normalized spacial score (nSPS) is 12.2. The summed E-state index contributed by atoms with van der Waals surface area (Å²) in [4.78, 5) is 0. The van der Waals surface area contributed by atoms with E-state index in [0.29, 0.717) is 10.9 Å². The van der Waals surface area contributed by atoms with Crippen LogP contribution in [0.4, 0.5) is 5.69 Å². The van der Waals surface area contributed by atoms with E-state index in [-0.39, 0.29) is 11.5 Å². The van der Waals surface area contributed by atoms with Gasteiger partial charge in [0, 0.05) is 12.1 Å². The summed E-state index contributed by atoms with van der Waals surface area (Å²) >= 11 is 5.48. The molecule has 0 bridgehead atoms. The minimum Gasteiger partial charge on any atom is -0.497 e. The molecule has 0 saturated carbocycles. The van der Waals surface area contributed by atoms with E-state index in [1.165, 1.54) is 5.56 Å². The molecule has 0 aliphatic rings. The molecule has 2 aromatic rings. The molecule has 0 fully saturated rings. The second-order valence-corrected chi connectivity index (χ2v) is 7.43. The molecule has 0 amide bonds. The molecule has 2 N–H and O–H groups in total. The Balaban J connectivity index is 1.97. The van der Waals surface area contributed by atoms with E-state index in [1.807, 2.05) is 24.3 Å². The second kappa shape index (κ2) is 8.90. The summed E-state index contributed by atoms with van der Waals surface area (Å²) in [7, 11) is 3.26. The lowest BCUT2D eigenvalue weighted by molar-refractivity contribution is 0.395. The van der Waals surface area contributed by atoms with Gasteiger partial charge in [-0.05, 0) is 48.7 Å². The second-order valence-electron chi connectivity index (χ2n) is 7.02. The van der Waals surface area contributed by atoms with Gasteiger partial charge in [-0.15, -0.1) is 0 Å². The Kier molecular flexibility index (Phi) is 6.86. The summed E-state index contributed by atoms with van der Waals surface area (Å²) in [5.74, 6) is 1.43.